The van der Waals surface area contributed by atoms with Gasteiger partial charge in [-0.3, -0.25) is 0 Å². The lowest BCUT2D eigenvalue weighted by atomic mass is 9.67. The second-order valence-electron chi connectivity index (χ2n) is 6.35. The Morgan fingerprint density at radius 3 is 2.71 bits per heavy atom. The molecule has 0 saturated carbocycles. The van der Waals surface area contributed by atoms with Crippen molar-refractivity contribution in [2.75, 3.05) is 7.11 Å². The summed E-state index contributed by atoms with van der Waals surface area (Å²) in [6.07, 6.45) is 9.75. The van der Waals surface area contributed by atoms with Gasteiger partial charge in [-0.05, 0) is 30.9 Å². The highest BCUT2D eigenvalue weighted by atomic mass is 127. The molecule has 4 heteroatoms. The van der Waals surface area contributed by atoms with Crippen molar-refractivity contribution in [3.63, 3.8) is 0 Å². The molecule has 0 bridgehead atoms. The molecule has 0 unspecified atom stereocenters. The van der Waals surface area contributed by atoms with E-state index in [1.54, 1.807) is 7.11 Å². The zero-order chi connectivity index (χ0) is 17.2. The van der Waals surface area contributed by atoms with Crippen LogP contribution in [-0.4, -0.2) is 7.11 Å². The van der Waals surface area contributed by atoms with Gasteiger partial charge in [0.05, 0.1) is 22.7 Å². The third kappa shape index (κ3) is 2.54. The fraction of sp³-hybridized carbons (Fsp3) is 0.400. The summed E-state index contributed by atoms with van der Waals surface area (Å²) in [7, 11) is 1.69. The maximum atomic E-state index is 9.77. The number of methoxy groups -OCH3 is 1. The summed E-state index contributed by atoms with van der Waals surface area (Å²) in [6.45, 7) is 0. The summed E-state index contributed by atoms with van der Waals surface area (Å²) < 4.78 is 5.29. The van der Waals surface area contributed by atoms with Crippen LogP contribution in [0.3, 0.4) is 0 Å². The lowest BCUT2D eigenvalue weighted by Gasteiger charge is -2.39. The lowest BCUT2D eigenvalue weighted by molar-refractivity contribution is 0.378. The third-order valence-electron chi connectivity index (χ3n) is 5.12. The average molecular weight is 430 g/mol. The first-order valence-corrected chi connectivity index (χ1v) is 9.22. The molecule has 0 radical (unpaired) electrons. The second kappa shape index (κ2) is 6.61. The molecule has 0 aromatic heterocycles. The van der Waals surface area contributed by atoms with Crippen LogP contribution in [0.2, 0.25) is 0 Å². The van der Waals surface area contributed by atoms with Gasteiger partial charge < -0.3 is 4.74 Å². The molecule has 2 aliphatic carbocycles. The fourth-order valence-corrected chi connectivity index (χ4v) is 5.26. The number of ether oxygens (including phenoxy) is 1. The zero-order valence-corrected chi connectivity index (χ0v) is 15.8. The summed E-state index contributed by atoms with van der Waals surface area (Å²) in [4.78, 5) is 0. The fourth-order valence-electron chi connectivity index (χ4n) is 3.91. The molecule has 0 fully saturated rings. The topological polar surface area (TPSA) is 56.8 Å². The Balaban J connectivity index is 2.21. The first-order chi connectivity index (χ1) is 11.6. The molecule has 2 aliphatic rings. The van der Waals surface area contributed by atoms with Crippen LogP contribution in [0, 0.1) is 34.0 Å². The van der Waals surface area contributed by atoms with Crippen LogP contribution >= 0.6 is 22.6 Å². The van der Waals surface area contributed by atoms with Crippen LogP contribution in [0.5, 0.6) is 5.75 Å². The van der Waals surface area contributed by atoms with E-state index in [-0.39, 0.29) is 9.34 Å². The molecule has 122 valence electrons. The highest BCUT2D eigenvalue weighted by Gasteiger charge is 2.49. The molecule has 24 heavy (non-hydrogen) atoms. The third-order valence-corrected chi connectivity index (χ3v) is 6.81. The van der Waals surface area contributed by atoms with Crippen LogP contribution in [-0.2, 0) is 3.42 Å². The Morgan fingerprint density at radius 1 is 1.25 bits per heavy atom. The Morgan fingerprint density at radius 2 is 2.00 bits per heavy atom. The van der Waals surface area contributed by atoms with Gasteiger partial charge in [-0.2, -0.15) is 10.5 Å². The van der Waals surface area contributed by atoms with E-state index in [2.05, 4.69) is 52.9 Å². The molecule has 0 N–H and O–H groups in total. The van der Waals surface area contributed by atoms with Crippen molar-refractivity contribution in [2.24, 2.45) is 11.3 Å². The first kappa shape index (κ1) is 17.0. The van der Waals surface area contributed by atoms with Crippen molar-refractivity contribution in [1.82, 2.24) is 0 Å². The number of allylic oxidation sites excluding steroid dienone is 4. The maximum absolute atomic E-state index is 9.77. The number of hydrogen-bond donors (Lipinski definition) is 0. The predicted molar refractivity (Wildman–Crippen MR) is 102 cm³/mol. The largest absolute Gasteiger partial charge is 0.496 e. The van der Waals surface area contributed by atoms with Gasteiger partial charge >= 0.3 is 0 Å². The zero-order valence-electron chi connectivity index (χ0n) is 13.6. The molecule has 3 nitrogen and oxygen atoms in total. The highest BCUT2D eigenvalue weighted by molar-refractivity contribution is 14.1. The Bertz CT molecular complexity index is 770. The van der Waals surface area contributed by atoms with Gasteiger partial charge in [-0.15, -0.1) is 0 Å². The minimum Gasteiger partial charge on any atom is -0.496 e. The minimum absolute atomic E-state index is 0.126. The lowest BCUT2D eigenvalue weighted by Crippen LogP contribution is -2.34. The molecule has 0 amide bonds. The predicted octanol–water partition coefficient (Wildman–Crippen LogP) is 5.05. The van der Waals surface area contributed by atoms with Crippen LogP contribution in [0.25, 0.3) is 0 Å². The van der Waals surface area contributed by atoms with Gasteiger partial charge in [0.25, 0.3) is 0 Å². The van der Waals surface area contributed by atoms with Gasteiger partial charge in [-0.25, -0.2) is 0 Å². The normalized spacial score (nSPS) is 27.8. The quantitative estimate of drug-likeness (QED) is 0.375. The van der Waals surface area contributed by atoms with Crippen LogP contribution in [0.4, 0.5) is 0 Å². The summed E-state index contributed by atoms with van der Waals surface area (Å²) >= 11 is 2.49. The average Bonchev–Trinajstić information content (AvgIpc) is 2.77. The number of hydrogen-bond acceptors (Lipinski definition) is 3. The van der Waals surface area contributed by atoms with Crippen molar-refractivity contribution in [2.45, 2.75) is 29.1 Å². The number of nitrogens with zero attached hydrogens (tertiary/aromatic N) is 2. The van der Waals surface area contributed by atoms with Gasteiger partial charge in [0, 0.05) is 17.9 Å². The number of halogens is 1. The molecule has 0 heterocycles. The van der Waals surface area contributed by atoms with Crippen molar-refractivity contribution in [3.05, 3.63) is 53.6 Å². The monoisotopic (exact) mass is 430 g/mol. The summed E-state index contributed by atoms with van der Waals surface area (Å²) in [5.74, 6) is 0.976. The standard InChI is InChI=1S/C20H19IN2O/c1-24-18-10-5-4-9-17(18)20(21)12-6-11-19(13-22,14-23)15-7-2-3-8-16(15)20/h4-7,9-10,12,16H,2-3,8,11H2,1H3/t16-,20+/m1/s1. The number of rotatable bonds is 2. The second-order valence-corrected chi connectivity index (χ2v) is 8.13. The number of nitriles is 2. The van der Waals surface area contributed by atoms with E-state index in [4.69, 9.17) is 4.74 Å². The van der Waals surface area contributed by atoms with Crippen LogP contribution < -0.4 is 4.74 Å². The van der Waals surface area contributed by atoms with Crippen LogP contribution in [0.1, 0.15) is 31.2 Å². The first-order valence-electron chi connectivity index (χ1n) is 8.14. The van der Waals surface area contributed by atoms with Crippen molar-refractivity contribution < 1.29 is 4.74 Å². The summed E-state index contributed by atoms with van der Waals surface area (Å²) in [6, 6.07) is 12.7. The van der Waals surface area contributed by atoms with Crippen molar-refractivity contribution >= 4 is 22.6 Å². The van der Waals surface area contributed by atoms with E-state index in [1.807, 2.05) is 24.3 Å². The molecule has 0 aliphatic heterocycles. The summed E-state index contributed by atoms with van der Waals surface area (Å²) in [5, 5.41) is 19.5. The van der Waals surface area contributed by atoms with E-state index >= 15 is 0 Å². The van der Waals surface area contributed by atoms with E-state index in [0.717, 1.165) is 36.1 Å². The molecular formula is C20H19IN2O. The van der Waals surface area contributed by atoms with Crippen LogP contribution in [0.15, 0.2) is 48.1 Å². The highest BCUT2D eigenvalue weighted by Crippen LogP contribution is 2.56. The molecule has 3 rings (SSSR count). The number of fused-ring (bicyclic) bond motifs is 1. The molecule has 0 spiro atoms. The van der Waals surface area contributed by atoms with E-state index in [0.29, 0.717) is 6.42 Å². The molecule has 0 saturated heterocycles. The summed E-state index contributed by atoms with van der Waals surface area (Å²) in [5.41, 5.74) is 1.05. The maximum Gasteiger partial charge on any atom is 0.168 e. The Kier molecular flexibility index (Phi) is 4.69. The number of benzene rings is 1. The van der Waals surface area contributed by atoms with E-state index < -0.39 is 5.41 Å². The Hall–Kier alpha value is -1.79. The molecular weight excluding hydrogens is 411 g/mol. The van der Waals surface area contributed by atoms with E-state index in [1.165, 1.54) is 0 Å². The van der Waals surface area contributed by atoms with E-state index in [9.17, 15) is 10.5 Å². The molecule has 1 aromatic carbocycles. The van der Waals surface area contributed by atoms with Gasteiger partial charge in [-0.1, -0.05) is 59.0 Å². The van der Waals surface area contributed by atoms with Gasteiger partial charge in [0.2, 0.25) is 0 Å². The van der Waals surface area contributed by atoms with Gasteiger partial charge in [0.15, 0.2) is 5.41 Å². The smallest absolute Gasteiger partial charge is 0.168 e. The van der Waals surface area contributed by atoms with Crippen molar-refractivity contribution in [3.8, 4) is 17.9 Å². The van der Waals surface area contributed by atoms with Crippen molar-refractivity contribution in [1.29, 1.82) is 10.5 Å². The van der Waals surface area contributed by atoms with Gasteiger partial charge in [0.1, 0.15) is 5.75 Å². The Labute approximate surface area is 156 Å². The molecule has 2 atom stereocenters. The number of alkyl halides is 1. The molecule has 1 aromatic rings. The number of para-hydroxylation sites is 1. The minimum atomic E-state index is -1.05. The SMILES string of the molecule is COc1ccccc1[C@]1(I)C=CCC(C#N)(C#N)C2=CCCC[C@H]21.